The molecule has 0 aliphatic carbocycles. The number of benzene rings is 2. The maximum Gasteiger partial charge on any atom is 0.276 e. The molecule has 0 heterocycles. The van der Waals surface area contributed by atoms with Gasteiger partial charge in [-0.25, -0.2) is 0 Å². The first-order valence-electron chi connectivity index (χ1n) is 7.70. The van der Waals surface area contributed by atoms with E-state index in [1.54, 1.807) is 12.1 Å². The van der Waals surface area contributed by atoms with Crippen molar-refractivity contribution < 1.29 is 19.1 Å². The zero-order valence-corrected chi connectivity index (χ0v) is 17.4. The maximum absolute atomic E-state index is 11.7. The lowest BCUT2D eigenvalue weighted by atomic mass is 10.2. The van der Waals surface area contributed by atoms with Gasteiger partial charge in [0.1, 0.15) is 11.5 Å². The van der Waals surface area contributed by atoms with Gasteiger partial charge in [0.25, 0.3) is 11.8 Å². The highest BCUT2D eigenvalue weighted by atomic mass is 79.9. The summed E-state index contributed by atoms with van der Waals surface area (Å²) in [6, 6.07) is 10.8. The van der Waals surface area contributed by atoms with Gasteiger partial charge in [-0.3, -0.25) is 20.4 Å². The molecule has 6 nitrogen and oxygen atoms in total. The number of hydrogen-bond acceptors (Lipinski definition) is 4. The summed E-state index contributed by atoms with van der Waals surface area (Å²) in [5, 5.41) is 0. The Hall–Kier alpha value is -2.06. The van der Waals surface area contributed by atoms with Crippen LogP contribution in [0.15, 0.2) is 45.3 Å². The van der Waals surface area contributed by atoms with Gasteiger partial charge in [0.2, 0.25) is 0 Å². The van der Waals surface area contributed by atoms with Crippen LogP contribution in [-0.2, 0) is 9.59 Å². The van der Waals surface area contributed by atoms with E-state index in [2.05, 4.69) is 42.7 Å². The first-order valence-corrected chi connectivity index (χ1v) is 9.29. The van der Waals surface area contributed by atoms with E-state index in [-0.39, 0.29) is 13.2 Å². The number of carbonyl (C=O) groups excluding carboxylic acids is 2. The molecule has 0 saturated carbocycles. The van der Waals surface area contributed by atoms with Crippen molar-refractivity contribution in [1.82, 2.24) is 10.9 Å². The Kier molecular flexibility index (Phi) is 7.47. The van der Waals surface area contributed by atoms with Gasteiger partial charge >= 0.3 is 0 Å². The summed E-state index contributed by atoms with van der Waals surface area (Å²) < 4.78 is 12.7. The number of hydrogen-bond donors (Lipinski definition) is 2. The predicted octanol–water partition coefficient (Wildman–Crippen LogP) is 3.43. The van der Waals surface area contributed by atoms with Gasteiger partial charge in [0, 0.05) is 8.95 Å². The van der Waals surface area contributed by atoms with Crippen molar-refractivity contribution in [3.63, 3.8) is 0 Å². The van der Waals surface area contributed by atoms with E-state index in [9.17, 15) is 9.59 Å². The summed E-state index contributed by atoms with van der Waals surface area (Å²) in [4.78, 5) is 23.4. The molecule has 8 heteroatoms. The maximum atomic E-state index is 11.7. The number of hydrazine groups is 1. The number of nitrogens with one attached hydrogen (secondary N) is 2. The normalized spacial score (nSPS) is 10.2. The molecule has 0 fully saturated rings. The van der Waals surface area contributed by atoms with Crippen LogP contribution in [0.4, 0.5) is 0 Å². The monoisotopic (exact) mass is 484 g/mol. The Labute approximate surface area is 168 Å². The second kappa shape index (κ2) is 9.59. The lowest BCUT2D eigenvalue weighted by Crippen LogP contribution is -2.45. The molecular formula is C18H18Br2N2O4. The predicted molar refractivity (Wildman–Crippen MR) is 105 cm³/mol. The molecular weight excluding hydrogens is 468 g/mol. The third kappa shape index (κ3) is 6.34. The Balaban J connectivity index is 1.70. The van der Waals surface area contributed by atoms with Crippen LogP contribution < -0.4 is 20.3 Å². The van der Waals surface area contributed by atoms with Crippen LogP contribution in [0.25, 0.3) is 0 Å². The minimum atomic E-state index is -0.474. The summed E-state index contributed by atoms with van der Waals surface area (Å²) >= 11 is 6.79. The van der Waals surface area contributed by atoms with Crippen LogP contribution in [0.3, 0.4) is 0 Å². The number of ether oxygens (including phenoxy) is 2. The highest BCUT2D eigenvalue weighted by Crippen LogP contribution is 2.22. The largest absolute Gasteiger partial charge is 0.484 e. The van der Waals surface area contributed by atoms with E-state index in [4.69, 9.17) is 9.47 Å². The average Bonchev–Trinajstić information content (AvgIpc) is 2.62. The van der Waals surface area contributed by atoms with Crippen LogP contribution in [0.2, 0.25) is 0 Å². The molecule has 0 saturated heterocycles. The molecule has 2 aromatic rings. The van der Waals surface area contributed by atoms with Crippen molar-refractivity contribution in [1.29, 1.82) is 0 Å². The van der Waals surface area contributed by atoms with Crippen molar-refractivity contribution in [2.75, 3.05) is 13.2 Å². The van der Waals surface area contributed by atoms with Gasteiger partial charge in [-0.1, -0.05) is 31.9 Å². The van der Waals surface area contributed by atoms with Crippen molar-refractivity contribution in [3.05, 3.63) is 56.5 Å². The van der Waals surface area contributed by atoms with Gasteiger partial charge in [-0.15, -0.1) is 0 Å². The van der Waals surface area contributed by atoms with Crippen LogP contribution in [0, 0.1) is 13.8 Å². The molecule has 2 rings (SSSR count). The lowest BCUT2D eigenvalue weighted by molar-refractivity contribution is -0.131. The van der Waals surface area contributed by atoms with E-state index < -0.39 is 11.8 Å². The standard InChI is InChI=1S/C18H18Br2N2O4/c1-11-7-13(3-5-15(11)19)25-9-17(23)21-22-18(24)10-26-14-4-6-16(20)12(2)8-14/h3-8H,9-10H2,1-2H3,(H,21,23)(H,22,24). The highest BCUT2D eigenvalue weighted by molar-refractivity contribution is 9.10. The Morgan fingerprint density at radius 1 is 0.808 bits per heavy atom. The fraction of sp³-hybridized carbons (Fsp3) is 0.222. The van der Waals surface area contributed by atoms with Gasteiger partial charge in [-0.05, 0) is 61.4 Å². The molecule has 138 valence electrons. The van der Waals surface area contributed by atoms with E-state index in [0.717, 1.165) is 20.1 Å². The van der Waals surface area contributed by atoms with Crippen LogP contribution in [0.1, 0.15) is 11.1 Å². The summed E-state index contributed by atoms with van der Waals surface area (Å²) in [6.07, 6.45) is 0. The van der Waals surface area contributed by atoms with Crippen LogP contribution in [-0.4, -0.2) is 25.0 Å². The summed E-state index contributed by atoms with van der Waals surface area (Å²) in [5.41, 5.74) is 6.54. The summed E-state index contributed by atoms with van der Waals surface area (Å²) in [6.45, 7) is 3.41. The number of aryl methyl sites for hydroxylation is 2. The van der Waals surface area contributed by atoms with Crippen molar-refractivity contribution >= 4 is 43.7 Å². The molecule has 0 aromatic heterocycles. The SMILES string of the molecule is Cc1cc(OCC(=O)NNC(=O)COc2ccc(Br)c(C)c2)ccc1Br. The summed E-state index contributed by atoms with van der Waals surface area (Å²) in [7, 11) is 0. The van der Waals surface area contributed by atoms with E-state index >= 15 is 0 Å². The second-order valence-corrected chi connectivity index (χ2v) is 7.20. The average molecular weight is 486 g/mol. The van der Waals surface area contributed by atoms with Crippen molar-refractivity contribution in [2.24, 2.45) is 0 Å². The second-order valence-electron chi connectivity index (χ2n) is 5.50. The number of carbonyl (C=O) groups is 2. The molecule has 26 heavy (non-hydrogen) atoms. The first-order chi connectivity index (χ1) is 12.3. The molecule has 0 spiro atoms. The third-order valence-electron chi connectivity index (χ3n) is 3.34. The molecule has 0 bridgehead atoms. The quantitative estimate of drug-likeness (QED) is 0.614. The van der Waals surface area contributed by atoms with Crippen molar-refractivity contribution in [3.8, 4) is 11.5 Å². The van der Waals surface area contributed by atoms with Gasteiger partial charge in [-0.2, -0.15) is 0 Å². The smallest absolute Gasteiger partial charge is 0.276 e. The van der Waals surface area contributed by atoms with Crippen molar-refractivity contribution in [2.45, 2.75) is 13.8 Å². The number of halogens is 2. The lowest BCUT2D eigenvalue weighted by Gasteiger charge is -2.11. The van der Waals surface area contributed by atoms with E-state index in [1.165, 1.54) is 0 Å². The number of amides is 2. The van der Waals surface area contributed by atoms with Gasteiger partial charge in [0.05, 0.1) is 0 Å². The van der Waals surface area contributed by atoms with Crippen LogP contribution >= 0.6 is 31.9 Å². The van der Waals surface area contributed by atoms with Gasteiger partial charge in [0.15, 0.2) is 13.2 Å². The highest BCUT2D eigenvalue weighted by Gasteiger charge is 2.08. The minimum absolute atomic E-state index is 0.214. The van der Waals surface area contributed by atoms with E-state index in [0.29, 0.717) is 11.5 Å². The molecule has 0 aliphatic heterocycles. The van der Waals surface area contributed by atoms with Crippen LogP contribution in [0.5, 0.6) is 11.5 Å². The molecule has 0 aliphatic rings. The molecule has 0 atom stereocenters. The molecule has 2 N–H and O–H groups in total. The number of rotatable bonds is 6. The Morgan fingerprint density at radius 3 is 1.54 bits per heavy atom. The molecule has 0 unspecified atom stereocenters. The minimum Gasteiger partial charge on any atom is -0.484 e. The fourth-order valence-corrected chi connectivity index (χ4v) is 2.42. The zero-order chi connectivity index (χ0) is 19.1. The first kappa shape index (κ1) is 20.3. The summed E-state index contributed by atoms with van der Waals surface area (Å²) in [5.74, 6) is 0.194. The Bertz CT molecular complexity index is 744. The zero-order valence-electron chi connectivity index (χ0n) is 14.3. The Morgan fingerprint density at radius 2 is 1.19 bits per heavy atom. The molecule has 0 radical (unpaired) electrons. The fourth-order valence-electron chi connectivity index (χ4n) is 1.92. The van der Waals surface area contributed by atoms with E-state index in [1.807, 2.05) is 38.1 Å². The third-order valence-corrected chi connectivity index (χ3v) is 5.12. The van der Waals surface area contributed by atoms with Gasteiger partial charge < -0.3 is 9.47 Å². The topological polar surface area (TPSA) is 76.7 Å². The molecule has 2 aromatic carbocycles. The molecule has 2 amide bonds.